The highest BCUT2D eigenvalue weighted by molar-refractivity contribution is 7.89. The Balaban J connectivity index is 2.32. The van der Waals surface area contributed by atoms with Gasteiger partial charge in [0.25, 0.3) is 0 Å². The van der Waals surface area contributed by atoms with Gasteiger partial charge >= 0.3 is 0 Å². The summed E-state index contributed by atoms with van der Waals surface area (Å²) in [5, 5.41) is 0. The lowest BCUT2D eigenvalue weighted by molar-refractivity contribution is 0.246. The number of nitrogens with two attached hydrogens (primary N) is 1. The van der Waals surface area contributed by atoms with Gasteiger partial charge in [-0.05, 0) is 37.7 Å². The highest BCUT2D eigenvalue weighted by atomic mass is 32.2. The molecule has 2 rings (SSSR count). The van der Waals surface area contributed by atoms with Crippen molar-refractivity contribution in [1.29, 1.82) is 0 Å². The molecule has 0 atom stereocenters. The van der Waals surface area contributed by atoms with Crippen molar-refractivity contribution in [1.82, 2.24) is 4.31 Å². The van der Waals surface area contributed by atoms with Crippen LogP contribution in [0.5, 0.6) is 0 Å². The Morgan fingerprint density at radius 3 is 2.38 bits per heavy atom. The first-order valence-corrected chi connectivity index (χ1v) is 9.05. The SMILES string of the molecule is CC1CCC(N(C)S(=O)(=O)c2ccccc2C(N)=S)CC1. The zero-order chi connectivity index (χ0) is 15.6. The van der Waals surface area contributed by atoms with Gasteiger partial charge in [0.1, 0.15) is 4.99 Å². The molecule has 1 aromatic carbocycles. The number of thiocarbonyl (C=S) groups is 1. The highest BCUT2D eigenvalue weighted by Crippen LogP contribution is 2.30. The summed E-state index contributed by atoms with van der Waals surface area (Å²) in [4.78, 5) is 0.318. The van der Waals surface area contributed by atoms with E-state index in [2.05, 4.69) is 6.92 Å². The Labute approximate surface area is 132 Å². The third kappa shape index (κ3) is 3.44. The molecule has 0 aromatic heterocycles. The minimum Gasteiger partial charge on any atom is -0.389 e. The molecule has 1 saturated carbocycles. The fraction of sp³-hybridized carbons (Fsp3) is 0.533. The van der Waals surface area contributed by atoms with Gasteiger partial charge in [0.2, 0.25) is 10.0 Å². The first kappa shape index (κ1) is 16.4. The van der Waals surface area contributed by atoms with Gasteiger partial charge < -0.3 is 5.73 Å². The van der Waals surface area contributed by atoms with E-state index in [-0.39, 0.29) is 15.9 Å². The van der Waals surface area contributed by atoms with E-state index in [1.165, 1.54) is 4.31 Å². The molecule has 2 N–H and O–H groups in total. The molecular formula is C15H22N2O2S2. The Hall–Kier alpha value is -0.980. The van der Waals surface area contributed by atoms with Crippen LogP contribution >= 0.6 is 12.2 Å². The molecule has 0 amide bonds. The molecule has 0 saturated heterocycles. The van der Waals surface area contributed by atoms with Crippen LogP contribution in [-0.4, -0.2) is 30.8 Å². The number of rotatable bonds is 4. The van der Waals surface area contributed by atoms with E-state index in [0.29, 0.717) is 11.5 Å². The molecule has 1 aliphatic carbocycles. The summed E-state index contributed by atoms with van der Waals surface area (Å²) in [5.41, 5.74) is 6.08. The normalized spacial score (nSPS) is 23.2. The molecule has 1 aliphatic rings. The van der Waals surface area contributed by atoms with Crippen molar-refractivity contribution in [2.75, 3.05) is 7.05 Å². The third-order valence-electron chi connectivity index (χ3n) is 4.31. The van der Waals surface area contributed by atoms with Crippen molar-refractivity contribution in [2.24, 2.45) is 11.7 Å². The molecule has 1 aromatic rings. The fourth-order valence-electron chi connectivity index (χ4n) is 2.85. The van der Waals surface area contributed by atoms with Crippen LogP contribution in [0.4, 0.5) is 0 Å². The van der Waals surface area contributed by atoms with E-state index in [9.17, 15) is 8.42 Å². The maximum Gasteiger partial charge on any atom is 0.243 e. The van der Waals surface area contributed by atoms with Crippen LogP contribution in [0.1, 0.15) is 38.2 Å². The lowest BCUT2D eigenvalue weighted by Gasteiger charge is -2.33. The van der Waals surface area contributed by atoms with Crippen LogP contribution in [0, 0.1) is 5.92 Å². The summed E-state index contributed by atoms with van der Waals surface area (Å²) in [6.45, 7) is 2.22. The molecule has 0 radical (unpaired) electrons. The van der Waals surface area contributed by atoms with Gasteiger partial charge in [-0.2, -0.15) is 4.31 Å². The van der Waals surface area contributed by atoms with Crippen molar-refractivity contribution < 1.29 is 8.42 Å². The van der Waals surface area contributed by atoms with Gasteiger partial charge in [-0.15, -0.1) is 0 Å². The van der Waals surface area contributed by atoms with Gasteiger partial charge in [-0.25, -0.2) is 8.42 Å². The van der Waals surface area contributed by atoms with E-state index in [1.54, 1.807) is 31.3 Å². The van der Waals surface area contributed by atoms with E-state index >= 15 is 0 Å². The summed E-state index contributed by atoms with van der Waals surface area (Å²) in [6.07, 6.45) is 3.96. The molecule has 0 aliphatic heterocycles. The Kier molecular flexibility index (Phi) is 5.01. The monoisotopic (exact) mass is 326 g/mol. The maximum atomic E-state index is 12.8. The average Bonchev–Trinajstić information content (AvgIpc) is 2.47. The van der Waals surface area contributed by atoms with Crippen molar-refractivity contribution >= 4 is 27.2 Å². The van der Waals surface area contributed by atoms with Gasteiger partial charge in [0, 0.05) is 18.7 Å². The second-order valence-electron chi connectivity index (χ2n) is 5.80. The molecule has 116 valence electrons. The Bertz CT molecular complexity index is 620. The summed E-state index contributed by atoms with van der Waals surface area (Å²) < 4.78 is 27.2. The van der Waals surface area contributed by atoms with Crippen LogP contribution in [0.2, 0.25) is 0 Å². The second-order valence-corrected chi connectivity index (χ2v) is 8.20. The van der Waals surface area contributed by atoms with Crippen LogP contribution in [0.3, 0.4) is 0 Å². The first-order valence-electron chi connectivity index (χ1n) is 7.21. The smallest absolute Gasteiger partial charge is 0.243 e. The predicted molar refractivity (Wildman–Crippen MR) is 88.7 cm³/mol. The van der Waals surface area contributed by atoms with E-state index < -0.39 is 10.0 Å². The predicted octanol–water partition coefficient (Wildman–Crippen LogP) is 2.52. The van der Waals surface area contributed by atoms with Crippen LogP contribution in [-0.2, 0) is 10.0 Å². The topological polar surface area (TPSA) is 63.4 Å². The lowest BCUT2D eigenvalue weighted by Crippen LogP contribution is -2.39. The summed E-state index contributed by atoms with van der Waals surface area (Å²) >= 11 is 4.97. The molecule has 0 spiro atoms. The van der Waals surface area contributed by atoms with Crippen molar-refractivity contribution in [3.8, 4) is 0 Å². The maximum absolute atomic E-state index is 12.8. The Morgan fingerprint density at radius 2 is 1.81 bits per heavy atom. The third-order valence-corrected chi connectivity index (χ3v) is 6.50. The highest BCUT2D eigenvalue weighted by Gasteiger charge is 2.32. The summed E-state index contributed by atoms with van der Waals surface area (Å²) in [7, 11) is -1.91. The summed E-state index contributed by atoms with van der Waals surface area (Å²) in [6, 6.07) is 6.74. The zero-order valence-electron chi connectivity index (χ0n) is 12.5. The van der Waals surface area contributed by atoms with Crippen molar-refractivity contribution in [2.45, 2.75) is 43.5 Å². The van der Waals surface area contributed by atoms with Crippen molar-refractivity contribution in [3.05, 3.63) is 29.8 Å². The number of hydrogen-bond donors (Lipinski definition) is 1. The zero-order valence-corrected chi connectivity index (χ0v) is 14.1. The first-order chi connectivity index (χ1) is 9.84. The number of nitrogens with zero attached hydrogens (tertiary/aromatic N) is 1. The van der Waals surface area contributed by atoms with Gasteiger partial charge in [0.05, 0.1) is 4.90 Å². The van der Waals surface area contributed by atoms with E-state index in [4.69, 9.17) is 18.0 Å². The minimum atomic E-state index is -3.57. The van der Waals surface area contributed by atoms with Gasteiger partial charge in [-0.3, -0.25) is 0 Å². The quantitative estimate of drug-likeness (QED) is 0.864. The summed E-state index contributed by atoms with van der Waals surface area (Å²) in [5.74, 6) is 0.682. The molecule has 0 heterocycles. The van der Waals surface area contributed by atoms with Gasteiger partial charge in [-0.1, -0.05) is 37.3 Å². The molecule has 4 nitrogen and oxygen atoms in total. The van der Waals surface area contributed by atoms with Gasteiger partial charge in [0.15, 0.2) is 0 Å². The number of sulfonamides is 1. The molecule has 1 fully saturated rings. The van der Waals surface area contributed by atoms with E-state index in [1.807, 2.05) is 0 Å². The molecule has 6 heteroatoms. The molecule has 0 unspecified atom stereocenters. The molecule has 21 heavy (non-hydrogen) atoms. The van der Waals surface area contributed by atoms with Crippen LogP contribution in [0.25, 0.3) is 0 Å². The van der Waals surface area contributed by atoms with Crippen molar-refractivity contribution in [3.63, 3.8) is 0 Å². The molecule has 0 bridgehead atoms. The number of benzene rings is 1. The van der Waals surface area contributed by atoms with Crippen LogP contribution in [0.15, 0.2) is 29.2 Å². The standard InChI is InChI=1S/C15H22N2O2S2/c1-11-7-9-12(10-8-11)17(2)21(18,19)14-6-4-3-5-13(14)15(16)20/h3-6,11-12H,7-10H2,1-2H3,(H2,16,20). The largest absolute Gasteiger partial charge is 0.389 e. The van der Waals surface area contributed by atoms with E-state index in [0.717, 1.165) is 25.7 Å². The fourth-order valence-corrected chi connectivity index (χ4v) is 4.72. The minimum absolute atomic E-state index is 0.0607. The lowest BCUT2D eigenvalue weighted by atomic mass is 9.87. The Morgan fingerprint density at radius 1 is 1.24 bits per heavy atom. The second kappa shape index (κ2) is 6.42. The molecular weight excluding hydrogens is 304 g/mol. The number of hydrogen-bond acceptors (Lipinski definition) is 3. The van der Waals surface area contributed by atoms with Crippen LogP contribution < -0.4 is 5.73 Å². The average molecular weight is 326 g/mol.